The van der Waals surface area contributed by atoms with Crippen LogP contribution >= 0.6 is 23.5 Å². The van der Waals surface area contributed by atoms with E-state index in [2.05, 4.69) is 24.0 Å². The number of hydrogen-bond acceptors (Lipinski definition) is 4. The Kier molecular flexibility index (Phi) is 4.82. The van der Waals surface area contributed by atoms with E-state index < -0.39 is 0 Å². The van der Waals surface area contributed by atoms with E-state index in [0.29, 0.717) is 10.5 Å². The summed E-state index contributed by atoms with van der Waals surface area (Å²) in [5, 5.41) is 5.37. The summed E-state index contributed by atoms with van der Waals surface area (Å²) in [6.07, 6.45) is 1.16. The van der Waals surface area contributed by atoms with Gasteiger partial charge in [-0.3, -0.25) is 0 Å². The zero-order chi connectivity index (χ0) is 14.8. The van der Waals surface area contributed by atoms with Gasteiger partial charge in [-0.15, -0.1) is 0 Å². The molecule has 0 aliphatic carbocycles. The highest BCUT2D eigenvalue weighted by molar-refractivity contribution is 8.07. The molecule has 2 nitrogen and oxygen atoms in total. The molecular formula is C16H20FNOS2. The molecule has 21 heavy (non-hydrogen) atoms. The number of benzene rings is 1. The van der Waals surface area contributed by atoms with Crippen molar-refractivity contribution in [2.24, 2.45) is 0 Å². The average Bonchev–Trinajstić information content (AvgIpc) is 2.91. The third-order valence-electron chi connectivity index (χ3n) is 3.94. The number of hydrogen-bond donors (Lipinski definition) is 1. The molecule has 1 aromatic heterocycles. The Hall–Kier alpha value is -0.650. The summed E-state index contributed by atoms with van der Waals surface area (Å²) in [5.41, 5.74) is 0.758. The number of nitrogens with one attached hydrogen (secondary N) is 1. The van der Waals surface area contributed by atoms with Crippen LogP contribution in [0.3, 0.4) is 0 Å². The molecule has 2 heterocycles. The van der Waals surface area contributed by atoms with Crippen LogP contribution in [0.1, 0.15) is 25.1 Å². The molecule has 0 spiro atoms. The maximum Gasteiger partial charge on any atom is 0.134 e. The Morgan fingerprint density at radius 2 is 2.14 bits per heavy atom. The van der Waals surface area contributed by atoms with E-state index >= 15 is 0 Å². The van der Waals surface area contributed by atoms with Crippen LogP contribution < -0.4 is 5.32 Å². The molecular weight excluding hydrogens is 305 g/mol. The minimum Gasteiger partial charge on any atom is -0.459 e. The van der Waals surface area contributed by atoms with Gasteiger partial charge in [-0.2, -0.15) is 23.5 Å². The van der Waals surface area contributed by atoms with Crippen molar-refractivity contribution in [1.29, 1.82) is 0 Å². The minimum absolute atomic E-state index is 0.170. The van der Waals surface area contributed by atoms with Crippen LogP contribution in [-0.2, 0) is 0 Å². The first kappa shape index (κ1) is 15.3. The SMILES string of the molecule is CCC1SCCSC1C(NC)c1cc2cc(F)ccc2o1. The van der Waals surface area contributed by atoms with Gasteiger partial charge >= 0.3 is 0 Å². The highest BCUT2D eigenvalue weighted by atomic mass is 32.2. The lowest BCUT2D eigenvalue weighted by atomic mass is 10.1. The van der Waals surface area contributed by atoms with Crippen LogP contribution in [0, 0.1) is 5.82 Å². The van der Waals surface area contributed by atoms with Crippen LogP contribution in [0.15, 0.2) is 28.7 Å². The summed E-state index contributed by atoms with van der Waals surface area (Å²) in [6, 6.07) is 6.84. The van der Waals surface area contributed by atoms with Crippen molar-refractivity contribution >= 4 is 34.5 Å². The molecule has 1 aromatic carbocycles. The fourth-order valence-corrected chi connectivity index (χ4v) is 6.17. The predicted octanol–water partition coefficient (Wildman–Crippen LogP) is 4.46. The molecule has 114 valence electrons. The Labute approximate surface area is 133 Å². The highest BCUT2D eigenvalue weighted by Crippen LogP contribution is 2.41. The van der Waals surface area contributed by atoms with Crippen LogP contribution in [0.5, 0.6) is 0 Å². The van der Waals surface area contributed by atoms with Crippen molar-refractivity contribution in [3.8, 4) is 0 Å². The number of fused-ring (bicyclic) bond motifs is 1. The molecule has 3 unspecified atom stereocenters. The largest absolute Gasteiger partial charge is 0.459 e. The lowest BCUT2D eigenvalue weighted by Crippen LogP contribution is -2.37. The van der Waals surface area contributed by atoms with E-state index in [0.717, 1.165) is 23.2 Å². The zero-order valence-corrected chi connectivity index (χ0v) is 13.9. The van der Waals surface area contributed by atoms with E-state index in [1.54, 1.807) is 6.07 Å². The fourth-order valence-electron chi connectivity index (χ4n) is 2.90. The van der Waals surface area contributed by atoms with E-state index in [-0.39, 0.29) is 11.9 Å². The van der Waals surface area contributed by atoms with Crippen molar-refractivity contribution in [3.63, 3.8) is 0 Å². The van der Waals surface area contributed by atoms with Gasteiger partial charge in [-0.25, -0.2) is 4.39 Å². The van der Waals surface area contributed by atoms with Gasteiger partial charge in [0.2, 0.25) is 0 Å². The number of furan rings is 1. The van der Waals surface area contributed by atoms with Gasteiger partial charge in [0.25, 0.3) is 0 Å². The zero-order valence-electron chi connectivity index (χ0n) is 12.3. The second-order valence-electron chi connectivity index (χ2n) is 5.25. The summed E-state index contributed by atoms with van der Waals surface area (Å²) in [6.45, 7) is 2.25. The topological polar surface area (TPSA) is 25.2 Å². The van der Waals surface area contributed by atoms with Gasteiger partial charge in [-0.1, -0.05) is 6.92 Å². The molecule has 3 atom stereocenters. The second kappa shape index (κ2) is 6.63. The molecule has 1 aliphatic rings. The van der Waals surface area contributed by atoms with Gasteiger partial charge in [-0.05, 0) is 37.7 Å². The number of halogens is 1. The maximum atomic E-state index is 13.3. The van der Waals surface area contributed by atoms with Crippen LogP contribution in [-0.4, -0.2) is 29.1 Å². The third-order valence-corrected chi connectivity index (χ3v) is 7.29. The molecule has 5 heteroatoms. The van der Waals surface area contributed by atoms with Gasteiger partial charge in [0, 0.05) is 27.4 Å². The van der Waals surface area contributed by atoms with E-state index in [1.165, 1.54) is 23.6 Å². The third kappa shape index (κ3) is 3.10. The number of rotatable bonds is 4. The van der Waals surface area contributed by atoms with Gasteiger partial charge in [0.1, 0.15) is 17.2 Å². The monoisotopic (exact) mass is 325 g/mol. The molecule has 0 radical (unpaired) electrons. The van der Waals surface area contributed by atoms with Crippen LogP contribution in [0.2, 0.25) is 0 Å². The molecule has 0 amide bonds. The normalized spacial score (nSPS) is 24.3. The Bertz CT molecular complexity index is 615. The van der Waals surface area contributed by atoms with Crippen molar-refractivity contribution in [2.75, 3.05) is 18.6 Å². The summed E-state index contributed by atoms with van der Waals surface area (Å²) >= 11 is 4.08. The summed E-state index contributed by atoms with van der Waals surface area (Å²) in [5.74, 6) is 3.10. The van der Waals surface area contributed by atoms with E-state index in [1.807, 2.05) is 24.9 Å². The highest BCUT2D eigenvalue weighted by Gasteiger charge is 2.34. The summed E-state index contributed by atoms with van der Waals surface area (Å²) < 4.78 is 19.3. The molecule has 1 saturated heterocycles. The number of thioether (sulfide) groups is 2. The van der Waals surface area contributed by atoms with Gasteiger partial charge < -0.3 is 9.73 Å². The Morgan fingerprint density at radius 3 is 2.90 bits per heavy atom. The standard InChI is InChI=1S/C16H20FNOS2/c1-3-14-16(21-7-6-20-14)15(18-2)13-9-10-8-11(17)4-5-12(10)19-13/h4-5,8-9,14-16,18H,3,6-7H2,1-2H3. The van der Waals surface area contributed by atoms with Gasteiger partial charge in [0.15, 0.2) is 0 Å². The molecule has 3 rings (SSSR count). The smallest absolute Gasteiger partial charge is 0.134 e. The van der Waals surface area contributed by atoms with E-state index in [4.69, 9.17) is 4.42 Å². The first-order chi connectivity index (χ1) is 10.2. The predicted molar refractivity (Wildman–Crippen MR) is 90.8 cm³/mol. The molecule has 2 aromatic rings. The lowest BCUT2D eigenvalue weighted by molar-refractivity contribution is 0.434. The first-order valence-electron chi connectivity index (χ1n) is 7.32. The second-order valence-corrected chi connectivity index (χ2v) is 7.88. The Morgan fingerprint density at radius 1 is 1.33 bits per heavy atom. The first-order valence-corrected chi connectivity index (χ1v) is 9.42. The molecule has 0 bridgehead atoms. The molecule has 1 fully saturated rings. The van der Waals surface area contributed by atoms with Crippen LogP contribution in [0.4, 0.5) is 4.39 Å². The van der Waals surface area contributed by atoms with Gasteiger partial charge in [0.05, 0.1) is 6.04 Å². The lowest BCUT2D eigenvalue weighted by Gasteiger charge is -2.34. The van der Waals surface area contributed by atoms with Crippen molar-refractivity contribution in [1.82, 2.24) is 5.32 Å². The van der Waals surface area contributed by atoms with Crippen molar-refractivity contribution < 1.29 is 8.81 Å². The maximum absolute atomic E-state index is 13.3. The van der Waals surface area contributed by atoms with Crippen molar-refractivity contribution in [3.05, 3.63) is 35.8 Å². The fraction of sp³-hybridized carbons (Fsp3) is 0.500. The summed E-state index contributed by atoms with van der Waals surface area (Å²) in [7, 11) is 1.98. The molecule has 1 aliphatic heterocycles. The molecule has 1 N–H and O–H groups in total. The average molecular weight is 325 g/mol. The van der Waals surface area contributed by atoms with Crippen molar-refractivity contribution in [2.45, 2.75) is 29.9 Å². The summed E-state index contributed by atoms with van der Waals surface area (Å²) in [4.78, 5) is 0. The molecule has 0 saturated carbocycles. The Balaban J connectivity index is 1.93. The quantitative estimate of drug-likeness (QED) is 0.897. The van der Waals surface area contributed by atoms with E-state index in [9.17, 15) is 4.39 Å². The van der Waals surface area contributed by atoms with Crippen LogP contribution in [0.25, 0.3) is 11.0 Å². The minimum atomic E-state index is -0.218.